The Hall–Kier alpha value is -2.80. The van der Waals surface area contributed by atoms with Crippen LogP contribution in [0.5, 0.6) is 0 Å². The fraction of sp³-hybridized carbons (Fsp3) is 0.188. The molecule has 0 aliphatic heterocycles. The van der Waals surface area contributed by atoms with Crippen molar-refractivity contribution in [3.63, 3.8) is 0 Å². The number of nitrogens with two attached hydrogens (primary N) is 1. The summed E-state index contributed by atoms with van der Waals surface area (Å²) in [6.45, 7) is 0.391. The number of halogens is 1. The highest BCUT2D eigenvalue weighted by Crippen LogP contribution is 2.23. The molecule has 0 saturated heterocycles. The van der Waals surface area contributed by atoms with Gasteiger partial charge in [-0.25, -0.2) is 4.39 Å². The summed E-state index contributed by atoms with van der Waals surface area (Å²) < 4.78 is 13.4. The summed E-state index contributed by atoms with van der Waals surface area (Å²) in [7, 11) is 0. The first-order valence-corrected chi connectivity index (χ1v) is 7.11. The number of hydrogen-bond acceptors (Lipinski definition) is 4. The first kappa shape index (κ1) is 16.6. The number of carbonyl (C=O) groups excluding carboxylic acids is 2. The van der Waals surface area contributed by atoms with Gasteiger partial charge in [0.2, 0.25) is 5.91 Å². The number of hydrogen-bond donors (Lipinski definition) is 3. The summed E-state index contributed by atoms with van der Waals surface area (Å²) in [4.78, 5) is 27.8. The molecule has 23 heavy (non-hydrogen) atoms. The molecule has 0 radical (unpaired) electrons. The second-order valence-electron chi connectivity index (χ2n) is 4.82. The molecule has 0 atom stereocenters. The summed E-state index contributed by atoms with van der Waals surface area (Å²) in [5, 5.41) is 5.22. The van der Waals surface area contributed by atoms with Crippen LogP contribution < -0.4 is 16.4 Å². The van der Waals surface area contributed by atoms with Crippen LogP contribution in [-0.2, 0) is 4.79 Å². The number of amides is 2. The number of pyridine rings is 1. The molecule has 0 fully saturated rings. The molecule has 7 heteroatoms. The van der Waals surface area contributed by atoms with Gasteiger partial charge in [-0.1, -0.05) is 0 Å². The minimum absolute atomic E-state index is 0.203. The third-order valence-corrected chi connectivity index (χ3v) is 3.05. The molecule has 0 saturated carbocycles. The van der Waals surface area contributed by atoms with E-state index in [4.69, 9.17) is 5.73 Å². The summed E-state index contributed by atoms with van der Waals surface area (Å²) in [6, 6.07) is 6.86. The smallest absolute Gasteiger partial charge is 0.255 e. The SMILES string of the molecule is NCCCC(=O)Nc1cc(F)ccc1NC(=O)c1ccncc1. The van der Waals surface area contributed by atoms with Crippen molar-refractivity contribution in [2.45, 2.75) is 12.8 Å². The van der Waals surface area contributed by atoms with E-state index >= 15 is 0 Å². The van der Waals surface area contributed by atoms with Crippen LogP contribution >= 0.6 is 0 Å². The fourth-order valence-corrected chi connectivity index (χ4v) is 1.90. The van der Waals surface area contributed by atoms with Gasteiger partial charge in [0.15, 0.2) is 0 Å². The van der Waals surface area contributed by atoms with Gasteiger partial charge in [0, 0.05) is 24.4 Å². The largest absolute Gasteiger partial charge is 0.330 e. The molecule has 120 valence electrons. The van der Waals surface area contributed by atoms with E-state index in [2.05, 4.69) is 15.6 Å². The third-order valence-electron chi connectivity index (χ3n) is 3.05. The number of benzene rings is 1. The van der Waals surface area contributed by atoms with E-state index in [-0.39, 0.29) is 23.9 Å². The molecular formula is C16H17FN4O2. The van der Waals surface area contributed by atoms with Crippen LogP contribution in [0.2, 0.25) is 0 Å². The normalized spacial score (nSPS) is 10.2. The summed E-state index contributed by atoms with van der Waals surface area (Å²) >= 11 is 0. The van der Waals surface area contributed by atoms with Gasteiger partial charge in [-0.15, -0.1) is 0 Å². The van der Waals surface area contributed by atoms with Crippen LogP contribution in [0.25, 0.3) is 0 Å². The van der Waals surface area contributed by atoms with Gasteiger partial charge >= 0.3 is 0 Å². The Morgan fingerprint density at radius 3 is 2.52 bits per heavy atom. The van der Waals surface area contributed by atoms with Crippen LogP contribution in [0.1, 0.15) is 23.2 Å². The van der Waals surface area contributed by atoms with Crippen molar-refractivity contribution in [3.05, 3.63) is 54.1 Å². The van der Waals surface area contributed by atoms with E-state index in [0.29, 0.717) is 24.2 Å². The molecule has 1 aromatic heterocycles. The second-order valence-corrected chi connectivity index (χ2v) is 4.82. The van der Waals surface area contributed by atoms with Crippen LogP contribution in [0.4, 0.5) is 15.8 Å². The molecule has 4 N–H and O–H groups in total. The van der Waals surface area contributed by atoms with E-state index in [1.54, 1.807) is 12.1 Å². The second kappa shape index (κ2) is 8.00. The monoisotopic (exact) mass is 316 g/mol. The maximum atomic E-state index is 13.4. The van der Waals surface area contributed by atoms with Gasteiger partial charge in [-0.05, 0) is 43.3 Å². The highest BCUT2D eigenvalue weighted by atomic mass is 19.1. The zero-order chi connectivity index (χ0) is 16.7. The van der Waals surface area contributed by atoms with Crippen molar-refractivity contribution in [1.29, 1.82) is 0 Å². The Morgan fingerprint density at radius 1 is 1.09 bits per heavy atom. The Bertz CT molecular complexity index is 692. The molecule has 0 unspecified atom stereocenters. The summed E-state index contributed by atoms with van der Waals surface area (Å²) in [5.41, 5.74) is 6.28. The van der Waals surface area contributed by atoms with Gasteiger partial charge in [0.25, 0.3) is 5.91 Å². The first-order valence-electron chi connectivity index (χ1n) is 7.11. The molecule has 0 bridgehead atoms. The predicted octanol–water partition coefficient (Wildman–Crippen LogP) is 2.15. The zero-order valence-corrected chi connectivity index (χ0v) is 12.4. The van der Waals surface area contributed by atoms with E-state index in [9.17, 15) is 14.0 Å². The molecule has 0 spiro atoms. The maximum Gasteiger partial charge on any atom is 0.255 e. The molecule has 1 heterocycles. The summed E-state index contributed by atoms with van der Waals surface area (Å²) in [5.74, 6) is -1.18. The van der Waals surface area contributed by atoms with Crippen molar-refractivity contribution < 1.29 is 14.0 Å². The van der Waals surface area contributed by atoms with Crippen molar-refractivity contribution in [3.8, 4) is 0 Å². The Morgan fingerprint density at radius 2 is 1.83 bits per heavy atom. The van der Waals surface area contributed by atoms with E-state index < -0.39 is 5.82 Å². The minimum atomic E-state index is -0.513. The maximum absolute atomic E-state index is 13.4. The molecule has 1 aromatic carbocycles. The lowest BCUT2D eigenvalue weighted by Gasteiger charge is -2.12. The average molecular weight is 316 g/mol. The fourth-order valence-electron chi connectivity index (χ4n) is 1.90. The van der Waals surface area contributed by atoms with E-state index in [1.165, 1.54) is 24.5 Å². The van der Waals surface area contributed by atoms with Crippen molar-refractivity contribution in [1.82, 2.24) is 4.98 Å². The standard InChI is InChI=1S/C16H17FN4O2/c17-12-3-4-13(14(10-12)20-15(22)2-1-7-18)21-16(23)11-5-8-19-9-6-11/h3-6,8-10H,1-2,7,18H2,(H,20,22)(H,21,23). The lowest BCUT2D eigenvalue weighted by atomic mass is 10.2. The van der Waals surface area contributed by atoms with E-state index in [0.717, 1.165) is 6.07 Å². The molecular weight excluding hydrogens is 299 g/mol. The van der Waals surface area contributed by atoms with Gasteiger partial charge in [-0.3, -0.25) is 14.6 Å². The third kappa shape index (κ3) is 4.86. The van der Waals surface area contributed by atoms with Crippen LogP contribution in [0.15, 0.2) is 42.7 Å². The van der Waals surface area contributed by atoms with Crippen LogP contribution in [0.3, 0.4) is 0 Å². The van der Waals surface area contributed by atoms with E-state index in [1.807, 2.05) is 0 Å². The minimum Gasteiger partial charge on any atom is -0.330 e. The lowest BCUT2D eigenvalue weighted by Crippen LogP contribution is -2.17. The highest BCUT2D eigenvalue weighted by Gasteiger charge is 2.12. The highest BCUT2D eigenvalue weighted by molar-refractivity contribution is 6.07. The van der Waals surface area contributed by atoms with Crippen molar-refractivity contribution in [2.75, 3.05) is 17.2 Å². The number of aromatic nitrogens is 1. The Kier molecular flexibility index (Phi) is 5.76. The number of rotatable bonds is 6. The molecule has 0 aliphatic rings. The van der Waals surface area contributed by atoms with Gasteiger partial charge in [-0.2, -0.15) is 0 Å². The predicted molar refractivity (Wildman–Crippen MR) is 85.5 cm³/mol. The molecule has 2 aromatic rings. The molecule has 6 nitrogen and oxygen atoms in total. The average Bonchev–Trinajstić information content (AvgIpc) is 2.56. The lowest BCUT2D eigenvalue weighted by molar-refractivity contribution is -0.116. The molecule has 2 amide bonds. The van der Waals surface area contributed by atoms with Crippen molar-refractivity contribution >= 4 is 23.2 Å². The molecule has 0 aliphatic carbocycles. The van der Waals surface area contributed by atoms with Crippen LogP contribution in [-0.4, -0.2) is 23.3 Å². The quantitative estimate of drug-likeness (QED) is 0.760. The molecule has 2 rings (SSSR count). The Balaban J connectivity index is 2.15. The van der Waals surface area contributed by atoms with Gasteiger partial charge in [0.05, 0.1) is 11.4 Å². The first-order chi connectivity index (χ1) is 11.1. The summed E-state index contributed by atoms with van der Waals surface area (Å²) in [6.07, 6.45) is 3.74. The number of nitrogens with one attached hydrogen (secondary N) is 2. The van der Waals surface area contributed by atoms with Crippen molar-refractivity contribution in [2.24, 2.45) is 5.73 Å². The number of nitrogens with zero attached hydrogens (tertiary/aromatic N) is 1. The number of anilines is 2. The van der Waals surface area contributed by atoms with Crippen LogP contribution in [0, 0.1) is 5.82 Å². The topological polar surface area (TPSA) is 97.1 Å². The Labute approximate surface area is 132 Å². The van der Waals surface area contributed by atoms with Gasteiger partial charge in [0.1, 0.15) is 5.82 Å². The van der Waals surface area contributed by atoms with Gasteiger partial charge < -0.3 is 16.4 Å². The number of carbonyl (C=O) groups is 2. The zero-order valence-electron chi connectivity index (χ0n) is 12.4.